The standard InChI is InChI=1S/C10H12N2/c1-2-3-9(7-11)6-10-4-5-12-8-10/h4-6,8,12H,2-3H2,1H3/b9-6+. The van der Waals surface area contributed by atoms with Gasteiger partial charge in [0, 0.05) is 18.0 Å². The Kier molecular flexibility index (Phi) is 3.16. The number of aromatic nitrogens is 1. The summed E-state index contributed by atoms with van der Waals surface area (Å²) < 4.78 is 0. The number of nitriles is 1. The van der Waals surface area contributed by atoms with Gasteiger partial charge in [-0.1, -0.05) is 13.3 Å². The van der Waals surface area contributed by atoms with Crippen molar-refractivity contribution in [2.75, 3.05) is 0 Å². The highest BCUT2D eigenvalue weighted by atomic mass is 14.6. The topological polar surface area (TPSA) is 39.6 Å². The van der Waals surface area contributed by atoms with Crippen LogP contribution in [0.3, 0.4) is 0 Å². The molecule has 0 aliphatic carbocycles. The zero-order valence-corrected chi connectivity index (χ0v) is 7.17. The molecule has 0 atom stereocenters. The molecule has 0 radical (unpaired) electrons. The van der Waals surface area contributed by atoms with Gasteiger partial charge in [-0.15, -0.1) is 0 Å². The first-order valence-corrected chi connectivity index (χ1v) is 4.10. The number of hydrogen-bond donors (Lipinski definition) is 1. The third kappa shape index (κ3) is 2.28. The van der Waals surface area contributed by atoms with E-state index in [4.69, 9.17) is 5.26 Å². The first-order chi connectivity index (χ1) is 5.86. The first kappa shape index (κ1) is 8.61. The summed E-state index contributed by atoms with van der Waals surface area (Å²) in [6.45, 7) is 2.07. The molecule has 0 unspecified atom stereocenters. The summed E-state index contributed by atoms with van der Waals surface area (Å²) in [6.07, 6.45) is 7.53. The Morgan fingerprint density at radius 3 is 3.08 bits per heavy atom. The van der Waals surface area contributed by atoms with Crippen LogP contribution in [-0.4, -0.2) is 4.98 Å². The maximum Gasteiger partial charge on any atom is 0.0947 e. The van der Waals surface area contributed by atoms with Crippen molar-refractivity contribution in [2.24, 2.45) is 0 Å². The minimum atomic E-state index is 0.845. The Labute approximate surface area is 72.5 Å². The van der Waals surface area contributed by atoms with Gasteiger partial charge < -0.3 is 4.98 Å². The molecule has 0 saturated heterocycles. The second-order valence-electron chi connectivity index (χ2n) is 2.68. The van der Waals surface area contributed by atoms with E-state index in [1.807, 2.05) is 24.5 Å². The molecule has 1 rings (SSSR count). The molecule has 0 bridgehead atoms. The van der Waals surface area contributed by atoms with Gasteiger partial charge in [0.2, 0.25) is 0 Å². The highest BCUT2D eigenvalue weighted by molar-refractivity contribution is 5.55. The zero-order chi connectivity index (χ0) is 8.81. The molecule has 0 amide bonds. The van der Waals surface area contributed by atoms with E-state index in [2.05, 4.69) is 18.0 Å². The third-order valence-electron chi connectivity index (χ3n) is 1.63. The van der Waals surface area contributed by atoms with Gasteiger partial charge in [0.05, 0.1) is 6.07 Å². The smallest absolute Gasteiger partial charge is 0.0947 e. The Morgan fingerprint density at radius 2 is 2.58 bits per heavy atom. The van der Waals surface area contributed by atoms with Crippen molar-refractivity contribution >= 4 is 6.08 Å². The van der Waals surface area contributed by atoms with Crippen molar-refractivity contribution in [3.05, 3.63) is 29.6 Å². The number of allylic oxidation sites excluding steroid dienone is 1. The van der Waals surface area contributed by atoms with Crippen LogP contribution in [0.4, 0.5) is 0 Å². The fourth-order valence-corrected chi connectivity index (χ4v) is 1.06. The van der Waals surface area contributed by atoms with Gasteiger partial charge in [0.25, 0.3) is 0 Å². The molecule has 1 aromatic heterocycles. The van der Waals surface area contributed by atoms with Gasteiger partial charge in [-0.2, -0.15) is 5.26 Å². The molecule has 12 heavy (non-hydrogen) atoms. The molecule has 0 spiro atoms. The van der Waals surface area contributed by atoms with Crippen LogP contribution >= 0.6 is 0 Å². The lowest BCUT2D eigenvalue weighted by Crippen LogP contribution is -1.77. The Morgan fingerprint density at radius 1 is 1.75 bits per heavy atom. The molecule has 62 valence electrons. The quantitative estimate of drug-likeness (QED) is 0.678. The Bertz CT molecular complexity index is 288. The van der Waals surface area contributed by atoms with E-state index in [-0.39, 0.29) is 0 Å². The lowest BCUT2D eigenvalue weighted by atomic mass is 10.1. The minimum absolute atomic E-state index is 0.845. The van der Waals surface area contributed by atoms with E-state index in [0.29, 0.717) is 0 Å². The maximum absolute atomic E-state index is 8.73. The van der Waals surface area contributed by atoms with Crippen molar-refractivity contribution in [1.82, 2.24) is 4.98 Å². The zero-order valence-electron chi connectivity index (χ0n) is 7.17. The average Bonchev–Trinajstić information content (AvgIpc) is 2.56. The summed E-state index contributed by atoms with van der Waals surface area (Å²) >= 11 is 0. The van der Waals surface area contributed by atoms with Crippen molar-refractivity contribution in [2.45, 2.75) is 19.8 Å². The summed E-state index contributed by atoms with van der Waals surface area (Å²) in [4.78, 5) is 2.95. The lowest BCUT2D eigenvalue weighted by Gasteiger charge is -1.91. The molecule has 0 fully saturated rings. The van der Waals surface area contributed by atoms with Crippen LogP contribution in [0.5, 0.6) is 0 Å². The number of hydrogen-bond acceptors (Lipinski definition) is 1. The predicted molar refractivity (Wildman–Crippen MR) is 49.3 cm³/mol. The second-order valence-corrected chi connectivity index (χ2v) is 2.68. The molecule has 0 aliphatic heterocycles. The van der Waals surface area contributed by atoms with Crippen molar-refractivity contribution in [3.63, 3.8) is 0 Å². The van der Waals surface area contributed by atoms with Crippen LogP contribution in [0.2, 0.25) is 0 Å². The summed E-state index contributed by atoms with van der Waals surface area (Å²) in [5, 5.41) is 8.73. The number of nitrogens with zero attached hydrogens (tertiary/aromatic N) is 1. The van der Waals surface area contributed by atoms with E-state index in [9.17, 15) is 0 Å². The molecular formula is C10H12N2. The van der Waals surface area contributed by atoms with Crippen LogP contribution in [0.15, 0.2) is 24.0 Å². The molecule has 1 N–H and O–H groups in total. The third-order valence-corrected chi connectivity index (χ3v) is 1.63. The number of H-pyrrole nitrogens is 1. The van der Waals surface area contributed by atoms with Gasteiger partial charge in [0.1, 0.15) is 0 Å². The average molecular weight is 160 g/mol. The van der Waals surface area contributed by atoms with E-state index in [1.54, 1.807) is 0 Å². The van der Waals surface area contributed by atoms with Gasteiger partial charge in [-0.3, -0.25) is 0 Å². The van der Waals surface area contributed by atoms with Gasteiger partial charge in [-0.05, 0) is 24.1 Å². The van der Waals surface area contributed by atoms with Gasteiger partial charge in [0.15, 0.2) is 0 Å². The highest BCUT2D eigenvalue weighted by Crippen LogP contribution is 2.09. The summed E-state index contributed by atoms with van der Waals surface area (Å²) in [7, 11) is 0. The van der Waals surface area contributed by atoms with Crippen LogP contribution in [-0.2, 0) is 0 Å². The molecule has 0 saturated carbocycles. The van der Waals surface area contributed by atoms with Crippen LogP contribution < -0.4 is 0 Å². The first-order valence-electron chi connectivity index (χ1n) is 4.10. The Balaban J connectivity index is 2.73. The number of aromatic amines is 1. The van der Waals surface area contributed by atoms with Crippen molar-refractivity contribution in [3.8, 4) is 6.07 Å². The molecule has 1 heterocycles. The monoisotopic (exact) mass is 160 g/mol. The van der Waals surface area contributed by atoms with Crippen molar-refractivity contribution < 1.29 is 0 Å². The molecule has 0 aliphatic rings. The van der Waals surface area contributed by atoms with E-state index < -0.39 is 0 Å². The van der Waals surface area contributed by atoms with Crippen LogP contribution in [0.25, 0.3) is 6.08 Å². The molecular weight excluding hydrogens is 148 g/mol. The van der Waals surface area contributed by atoms with Crippen molar-refractivity contribution in [1.29, 1.82) is 5.26 Å². The second kappa shape index (κ2) is 4.40. The molecule has 2 heteroatoms. The molecule has 1 aromatic rings. The van der Waals surface area contributed by atoms with Crippen LogP contribution in [0.1, 0.15) is 25.3 Å². The lowest BCUT2D eigenvalue weighted by molar-refractivity contribution is 0.934. The van der Waals surface area contributed by atoms with Crippen LogP contribution in [0, 0.1) is 11.3 Å². The number of nitrogens with one attached hydrogen (secondary N) is 1. The molecule has 0 aromatic carbocycles. The van der Waals surface area contributed by atoms with E-state index in [1.165, 1.54) is 0 Å². The predicted octanol–water partition coefficient (Wildman–Crippen LogP) is 2.72. The van der Waals surface area contributed by atoms with Gasteiger partial charge in [-0.25, -0.2) is 0 Å². The molecule has 2 nitrogen and oxygen atoms in total. The summed E-state index contributed by atoms with van der Waals surface area (Å²) in [6, 6.07) is 4.14. The normalized spacial score (nSPS) is 11.2. The maximum atomic E-state index is 8.73. The largest absolute Gasteiger partial charge is 0.367 e. The Hall–Kier alpha value is -1.49. The number of rotatable bonds is 3. The fraction of sp³-hybridized carbons (Fsp3) is 0.300. The SMILES string of the molecule is CCC/C(C#N)=C\c1cc[nH]c1. The fourth-order valence-electron chi connectivity index (χ4n) is 1.06. The summed E-state index contributed by atoms with van der Waals surface area (Å²) in [5.41, 5.74) is 1.91. The van der Waals surface area contributed by atoms with E-state index in [0.717, 1.165) is 24.0 Å². The van der Waals surface area contributed by atoms with E-state index >= 15 is 0 Å². The summed E-state index contributed by atoms with van der Waals surface area (Å²) in [5.74, 6) is 0. The van der Waals surface area contributed by atoms with Gasteiger partial charge >= 0.3 is 0 Å². The minimum Gasteiger partial charge on any atom is -0.367 e. The highest BCUT2D eigenvalue weighted by Gasteiger charge is 1.94.